The first-order valence-electron chi connectivity index (χ1n) is 8.50. The van der Waals surface area contributed by atoms with E-state index in [1.54, 1.807) is 0 Å². The number of benzene rings is 1. The molecule has 1 aromatic carbocycles. The molecule has 3 N–H and O–H groups in total. The Hall–Kier alpha value is -2.40. The first-order valence-corrected chi connectivity index (χ1v) is 9.04. The van der Waals surface area contributed by atoms with Gasteiger partial charge in [0.05, 0.1) is 5.52 Å². The van der Waals surface area contributed by atoms with Crippen LogP contribution in [0.3, 0.4) is 0 Å². The summed E-state index contributed by atoms with van der Waals surface area (Å²) in [4.78, 5) is 13.4. The summed E-state index contributed by atoms with van der Waals surface area (Å²) >= 11 is 5.84. The summed E-state index contributed by atoms with van der Waals surface area (Å²) in [7, 11) is 0. The van der Waals surface area contributed by atoms with Crippen LogP contribution in [-0.2, 0) is 12.3 Å². The molecule has 3 rings (SSSR count). The molecule has 2 heterocycles. The third-order valence-electron chi connectivity index (χ3n) is 4.00. The van der Waals surface area contributed by atoms with Crippen LogP contribution < -0.4 is 11.1 Å². The number of aromatic nitrogens is 3. The quantitative estimate of drug-likeness (QED) is 0.491. The molecule has 0 fully saturated rings. The van der Waals surface area contributed by atoms with Crippen LogP contribution in [-0.4, -0.2) is 21.5 Å². The van der Waals surface area contributed by atoms with Gasteiger partial charge in [-0.05, 0) is 29.7 Å². The molecule has 5 nitrogen and oxygen atoms in total. The van der Waals surface area contributed by atoms with Crippen molar-refractivity contribution >= 4 is 34.4 Å². The van der Waals surface area contributed by atoms with Gasteiger partial charge in [0.1, 0.15) is 5.52 Å². The predicted molar refractivity (Wildman–Crippen MR) is 104 cm³/mol. The predicted octanol–water partition coefficient (Wildman–Crippen LogP) is 4.15. The molecule has 2 aromatic heterocycles. The van der Waals surface area contributed by atoms with E-state index in [2.05, 4.69) is 34.3 Å². The summed E-state index contributed by atoms with van der Waals surface area (Å²) in [6.45, 7) is 2.99. The molecule has 0 atom stereocenters. The molecule has 0 saturated heterocycles. The van der Waals surface area contributed by atoms with Gasteiger partial charge in [0.2, 0.25) is 5.95 Å². The van der Waals surface area contributed by atoms with Crippen molar-refractivity contribution in [3.63, 3.8) is 0 Å². The number of hydrogen-bond donors (Lipinski definition) is 2. The maximum atomic E-state index is 5.84. The summed E-state index contributed by atoms with van der Waals surface area (Å²) in [5.41, 5.74) is 10.6. The molecule has 130 valence electrons. The number of nitrogen functional groups attached to an aromatic ring is 1. The van der Waals surface area contributed by atoms with Crippen LogP contribution in [0.15, 0.2) is 36.4 Å². The number of nitrogens with zero attached hydrogens (tertiary/aromatic N) is 3. The van der Waals surface area contributed by atoms with Crippen LogP contribution in [0.4, 0.5) is 11.8 Å². The largest absolute Gasteiger partial charge is 0.368 e. The van der Waals surface area contributed by atoms with Crippen LogP contribution in [0.5, 0.6) is 0 Å². The minimum absolute atomic E-state index is 0.262. The van der Waals surface area contributed by atoms with Crippen LogP contribution in [0, 0.1) is 0 Å². The monoisotopic (exact) mass is 355 g/mol. The van der Waals surface area contributed by atoms with Crippen molar-refractivity contribution in [2.75, 3.05) is 17.6 Å². The van der Waals surface area contributed by atoms with Crippen molar-refractivity contribution < 1.29 is 0 Å². The number of alkyl halides is 1. The molecular formula is C19H22ClN5. The number of nitrogens with one attached hydrogen (secondary N) is 1. The maximum Gasteiger partial charge on any atom is 0.222 e. The van der Waals surface area contributed by atoms with Crippen molar-refractivity contribution in [3.05, 3.63) is 53.2 Å². The molecule has 25 heavy (non-hydrogen) atoms. The Bertz CT molecular complexity index is 848. The molecule has 0 aliphatic heterocycles. The van der Waals surface area contributed by atoms with Gasteiger partial charge in [-0.25, -0.2) is 9.97 Å². The van der Waals surface area contributed by atoms with E-state index < -0.39 is 0 Å². The van der Waals surface area contributed by atoms with Gasteiger partial charge in [0.25, 0.3) is 0 Å². The number of rotatable bonds is 7. The first kappa shape index (κ1) is 17.4. The smallest absolute Gasteiger partial charge is 0.222 e. The highest BCUT2D eigenvalue weighted by Crippen LogP contribution is 2.21. The maximum absolute atomic E-state index is 5.84. The third-order valence-corrected chi connectivity index (χ3v) is 4.31. The van der Waals surface area contributed by atoms with Gasteiger partial charge in [-0.3, -0.25) is 0 Å². The van der Waals surface area contributed by atoms with E-state index in [1.165, 1.54) is 5.56 Å². The van der Waals surface area contributed by atoms with Crippen molar-refractivity contribution in [1.82, 2.24) is 15.0 Å². The topological polar surface area (TPSA) is 76.7 Å². The van der Waals surface area contributed by atoms with Crippen LogP contribution in [0.2, 0.25) is 0 Å². The number of hydrogen-bond acceptors (Lipinski definition) is 5. The Morgan fingerprint density at radius 2 is 1.76 bits per heavy atom. The highest BCUT2D eigenvalue weighted by molar-refractivity contribution is 6.17. The number of nitrogens with two attached hydrogens (primary N) is 1. The fraction of sp³-hybridized carbons (Fsp3) is 0.316. The van der Waals surface area contributed by atoms with E-state index in [4.69, 9.17) is 22.3 Å². The summed E-state index contributed by atoms with van der Waals surface area (Å²) in [5.74, 6) is 1.49. The Kier molecular flexibility index (Phi) is 5.66. The fourth-order valence-corrected chi connectivity index (χ4v) is 2.81. The summed E-state index contributed by atoms with van der Waals surface area (Å²) < 4.78 is 0. The standard InChI is InChI=1S/C19H22ClN5/c1-2-3-10-22-18-17-16(24-19(21)25-18)9-8-15(23-17)11-13-4-6-14(12-20)7-5-13/h4-9H,2-3,10-12H2,1H3,(H3,21,22,24,25). The molecular weight excluding hydrogens is 334 g/mol. The number of anilines is 2. The molecule has 0 saturated carbocycles. The lowest BCUT2D eigenvalue weighted by Crippen LogP contribution is -2.08. The van der Waals surface area contributed by atoms with Gasteiger partial charge < -0.3 is 11.1 Å². The minimum Gasteiger partial charge on any atom is -0.368 e. The molecule has 0 aliphatic carbocycles. The lowest BCUT2D eigenvalue weighted by atomic mass is 10.1. The molecule has 6 heteroatoms. The van der Waals surface area contributed by atoms with E-state index >= 15 is 0 Å². The summed E-state index contributed by atoms with van der Waals surface area (Å²) in [5, 5.41) is 3.33. The van der Waals surface area contributed by atoms with Crippen LogP contribution >= 0.6 is 11.6 Å². The molecule has 0 amide bonds. The van der Waals surface area contributed by atoms with E-state index in [-0.39, 0.29) is 5.95 Å². The van der Waals surface area contributed by atoms with Gasteiger partial charge in [-0.1, -0.05) is 37.6 Å². The second kappa shape index (κ2) is 8.12. The average Bonchev–Trinajstić information content (AvgIpc) is 2.63. The van der Waals surface area contributed by atoms with Crippen molar-refractivity contribution in [3.8, 4) is 0 Å². The van der Waals surface area contributed by atoms with Crippen LogP contribution in [0.25, 0.3) is 11.0 Å². The lowest BCUT2D eigenvalue weighted by Gasteiger charge is -2.10. The number of fused-ring (bicyclic) bond motifs is 1. The average molecular weight is 356 g/mol. The normalized spacial score (nSPS) is 11.0. The van der Waals surface area contributed by atoms with Crippen LogP contribution in [0.1, 0.15) is 36.6 Å². The molecule has 0 spiro atoms. The van der Waals surface area contributed by atoms with E-state index in [0.29, 0.717) is 11.7 Å². The SMILES string of the molecule is CCCCNc1nc(N)nc2ccc(Cc3ccc(CCl)cc3)nc12. The fourth-order valence-electron chi connectivity index (χ4n) is 2.63. The van der Waals surface area contributed by atoms with E-state index in [9.17, 15) is 0 Å². The Balaban J connectivity index is 1.88. The van der Waals surface area contributed by atoms with Gasteiger partial charge in [0.15, 0.2) is 5.82 Å². The minimum atomic E-state index is 0.262. The second-order valence-corrected chi connectivity index (χ2v) is 6.28. The number of unbranched alkanes of at least 4 members (excludes halogenated alkanes) is 1. The first-order chi connectivity index (χ1) is 12.2. The Morgan fingerprint density at radius 3 is 2.48 bits per heavy atom. The molecule has 0 unspecified atom stereocenters. The van der Waals surface area contributed by atoms with E-state index in [0.717, 1.165) is 48.1 Å². The lowest BCUT2D eigenvalue weighted by molar-refractivity contribution is 0.831. The molecule has 0 radical (unpaired) electrons. The zero-order valence-electron chi connectivity index (χ0n) is 14.3. The van der Waals surface area contributed by atoms with Gasteiger partial charge in [0, 0.05) is 24.5 Å². The van der Waals surface area contributed by atoms with Crippen molar-refractivity contribution in [2.24, 2.45) is 0 Å². The summed E-state index contributed by atoms with van der Waals surface area (Å²) in [6.07, 6.45) is 2.93. The Labute approximate surface area is 152 Å². The van der Waals surface area contributed by atoms with Gasteiger partial charge >= 0.3 is 0 Å². The molecule has 0 bridgehead atoms. The zero-order chi connectivity index (χ0) is 17.6. The van der Waals surface area contributed by atoms with Crippen molar-refractivity contribution in [1.29, 1.82) is 0 Å². The second-order valence-electron chi connectivity index (χ2n) is 6.01. The van der Waals surface area contributed by atoms with E-state index in [1.807, 2.05) is 24.3 Å². The summed E-state index contributed by atoms with van der Waals surface area (Å²) in [6, 6.07) is 12.2. The highest BCUT2D eigenvalue weighted by Gasteiger charge is 2.09. The van der Waals surface area contributed by atoms with Gasteiger partial charge in [-0.2, -0.15) is 4.98 Å². The molecule has 0 aliphatic rings. The molecule has 3 aromatic rings. The zero-order valence-corrected chi connectivity index (χ0v) is 15.1. The third kappa shape index (κ3) is 4.37. The highest BCUT2D eigenvalue weighted by atomic mass is 35.5. The number of halogens is 1. The Morgan fingerprint density at radius 1 is 1.00 bits per heavy atom. The number of pyridine rings is 1. The van der Waals surface area contributed by atoms with Crippen molar-refractivity contribution in [2.45, 2.75) is 32.1 Å². The van der Waals surface area contributed by atoms with Gasteiger partial charge in [-0.15, -0.1) is 11.6 Å².